The Bertz CT molecular complexity index is 1330. The molecule has 1 fully saturated rings. The largest absolute Gasteiger partial charge is 0.497 e. The highest BCUT2D eigenvalue weighted by Crippen LogP contribution is 2.33. The van der Waals surface area contributed by atoms with Gasteiger partial charge < -0.3 is 9.15 Å². The Hall–Kier alpha value is -3.83. The molecule has 1 aliphatic rings. The number of nitro benzene ring substituents is 1. The van der Waals surface area contributed by atoms with Crippen molar-refractivity contribution in [1.82, 2.24) is 5.32 Å². The molecular formula is C22H14BrN3O6S. The maximum absolute atomic E-state index is 13.1. The lowest BCUT2D eigenvalue weighted by Gasteiger charge is -2.28. The standard InChI is InChI=1S/C22H14BrN3O6S/c1-31-14-5-2-12(3-6-14)25-21(28)17(20(27)24-22(25)33)11-15-7-9-19(32-15)16-8-4-13(26(29)30)10-18(16)23/h2-11H,1H3,(H,24,27,33). The van der Waals surface area contributed by atoms with E-state index in [-0.39, 0.29) is 22.1 Å². The third-order valence-corrected chi connectivity index (χ3v) is 5.72. The van der Waals surface area contributed by atoms with Gasteiger partial charge in [-0.3, -0.25) is 29.9 Å². The topological polar surface area (TPSA) is 115 Å². The lowest BCUT2D eigenvalue weighted by atomic mass is 10.1. The summed E-state index contributed by atoms with van der Waals surface area (Å²) in [6.07, 6.45) is 1.32. The molecule has 33 heavy (non-hydrogen) atoms. The number of furan rings is 1. The molecule has 1 aliphatic heterocycles. The minimum atomic E-state index is -0.649. The molecular weight excluding hydrogens is 514 g/mol. The molecule has 2 aromatic carbocycles. The fourth-order valence-electron chi connectivity index (χ4n) is 3.16. The van der Waals surface area contributed by atoms with Crippen molar-refractivity contribution in [2.75, 3.05) is 12.0 Å². The Morgan fingerprint density at radius 1 is 1.15 bits per heavy atom. The summed E-state index contributed by atoms with van der Waals surface area (Å²) in [5.41, 5.74) is 0.805. The van der Waals surface area contributed by atoms with Crippen LogP contribution in [0.4, 0.5) is 11.4 Å². The van der Waals surface area contributed by atoms with Crippen LogP contribution in [-0.4, -0.2) is 29.0 Å². The number of carbonyl (C=O) groups is 2. The third kappa shape index (κ3) is 4.41. The van der Waals surface area contributed by atoms with Crippen molar-refractivity contribution in [3.8, 4) is 17.1 Å². The molecule has 1 N–H and O–H groups in total. The van der Waals surface area contributed by atoms with Crippen molar-refractivity contribution in [2.45, 2.75) is 0 Å². The second-order valence-electron chi connectivity index (χ2n) is 6.78. The van der Waals surface area contributed by atoms with Crippen LogP contribution in [0.1, 0.15) is 5.76 Å². The molecule has 1 aromatic heterocycles. The van der Waals surface area contributed by atoms with Crippen molar-refractivity contribution in [3.05, 3.63) is 80.5 Å². The lowest BCUT2D eigenvalue weighted by molar-refractivity contribution is -0.384. The Balaban J connectivity index is 1.65. The molecule has 0 radical (unpaired) electrons. The number of hydrogen-bond donors (Lipinski definition) is 1. The van der Waals surface area contributed by atoms with E-state index >= 15 is 0 Å². The van der Waals surface area contributed by atoms with Crippen molar-refractivity contribution in [2.24, 2.45) is 0 Å². The average Bonchev–Trinajstić information content (AvgIpc) is 3.25. The van der Waals surface area contributed by atoms with Crippen LogP contribution in [0, 0.1) is 10.1 Å². The summed E-state index contributed by atoms with van der Waals surface area (Å²) in [5, 5.41) is 13.4. The van der Waals surface area contributed by atoms with Gasteiger partial charge in [-0.2, -0.15) is 0 Å². The Kier molecular flexibility index (Phi) is 6.07. The SMILES string of the molecule is COc1ccc(N2C(=O)C(=Cc3ccc(-c4ccc([N+](=O)[O-])cc4Br)o3)C(=O)NC2=S)cc1. The summed E-state index contributed by atoms with van der Waals surface area (Å²) in [7, 11) is 1.53. The molecule has 11 heteroatoms. The number of nitrogens with one attached hydrogen (secondary N) is 1. The minimum absolute atomic E-state index is 0.0396. The maximum Gasteiger partial charge on any atom is 0.270 e. The van der Waals surface area contributed by atoms with Crippen LogP contribution in [-0.2, 0) is 9.59 Å². The van der Waals surface area contributed by atoms with Gasteiger partial charge in [0.15, 0.2) is 5.11 Å². The molecule has 0 bridgehead atoms. The van der Waals surface area contributed by atoms with Crippen molar-refractivity contribution < 1.29 is 23.7 Å². The van der Waals surface area contributed by atoms with E-state index < -0.39 is 16.7 Å². The molecule has 0 saturated carbocycles. The maximum atomic E-state index is 13.1. The van der Waals surface area contributed by atoms with Crippen molar-refractivity contribution in [1.29, 1.82) is 0 Å². The second-order valence-corrected chi connectivity index (χ2v) is 8.02. The molecule has 2 heterocycles. The highest BCUT2D eigenvalue weighted by Gasteiger charge is 2.34. The molecule has 0 aliphatic carbocycles. The Morgan fingerprint density at radius 2 is 1.88 bits per heavy atom. The van der Waals surface area contributed by atoms with Gasteiger partial charge in [-0.25, -0.2) is 0 Å². The van der Waals surface area contributed by atoms with Crippen LogP contribution in [0.2, 0.25) is 0 Å². The van der Waals surface area contributed by atoms with Crippen molar-refractivity contribution in [3.63, 3.8) is 0 Å². The van der Waals surface area contributed by atoms with E-state index in [1.165, 1.54) is 30.2 Å². The summed E-state index contributed by atoms with van der Waals surface area (Å²) < 4.78 is 11.4. The van der Waals surface area contributed by atoms with Crippen LogP contribution in [0.3, 0.4) is 0 Å². The van der Waals surface area contributed by atoms with E-state index in [9.17, 15) is 19.7 Å². The van der Waals surface area contributed by atoms with E-state index in [2.05, 4.69) is 21.2 Å². The fraction of sp³-hybridized carbons (Fsp3) is 0.0455. The number of hydrogen-bond acceptors (Lipinski definition) is 7. The first-order chi connectivity index (χ1) is 15.8. The van der Waals surface area contributed by atoms with E-state index in [1.54, 1.807) is 42.5 Å². The number of ether oxygens (including phenoxy) is 1. The molecule has 0 spiro atoms. The number of thiocarbonyl (C=S) groups is 1. The molecule has 0 unspecified atom stereocenters. The predicted molar refractivity (Wildman–Crippen MR) is 128 cm³/mol. The lowest BCUT2D eigenvalue weighted by Crippen LogP contribution is -2.54. The Labute approximate surface area is 200 Å². The molecule has 166 valence electrons. The quantitative estimate of drug-likeness (QED) is 0.171. The van der Waals surface area contributed by atoms with Gasteiger partial charge in [-0.15, -0.1) is 0 Å². The first-order valence-electron chi connectivity index (χ1n) is 9.38. The minimum Gasteiger partial charge on any atom is -0.497 e. The Morgan fingerprint density at radius 3 is 2.52 bits per heavy atom. The summed E-state index contributed by atoms with van der Waals surface area (Å²) >= 11 is 8.49. The monoisotopic (exact) mass is 527 g/mol. The zero-order chi connectivity index (χ0) is 23.7. The van der Waals surface area contributed by atoms with Crippen LogP contribution in [0.25, 0.3) is 17.4 Å². The number of anilines is 1. The van der Waals surface area contributed by atoms with Gasteiger partial charge in [-0.05, 0) is 76.7 Å². The highest BCUT2D eigenvalue weighted by atomic mass is 79.9. The molecule has 0 atom stereocenters. The smallest absolute Gasteiger partial charge is 0.270 e. The number of amides is 2. The van der Waals surface area contributed by atoms with Crippen LogP contribution in [0.15, 0.2) is 69.1 Å². The number of nitrogens with zero attached hydrogens (tertiary/aromatic N) is 2. The van der Waals surface area contributed by atoms with Crippen LogP contribution in [0.5, 0.6) is 5.75 Å². The van der Waals surface area contributed by atoms with Gasteiger partial charge in [0.05, 0.1) is 17.7 Å². The third-order valence-electron chi connectivity index (χ3n) is 4.77. The number of rotatable bonds is 5. The molecule has 2 amide bonds. The molecule has 1 saturated heterocycles. The predicted octanol–water partition coefficient (Wildman–Crippen LogP) is 4.46. The number of benzene rings is 2. The second kappa shape index (κ2) is 8.96. The van der Waals surface area contributed by atoms with Gasteiger partial charge >= 0.3 is 0 Å². The van der Waals surface area contributed by atoms with Gasteiger partial charge in [0, 0.05) is 22.2 Å². The number of methoxy groups -OCH3 is 1. The summed E-state index contributed by atoms with van der Waals surface area (Å²) in [4.78, 5) is 37.2. The number of nitro groups is 1. The van der Waals surface area contributed by atoms with Gasteiger partial charge in [-0.1, -0.05) is 0 Å². The van der Waals surface area contributed by atoms with Gasteiger partial charge in [0.25, 0.3) is 17.5 Å². The fourth-order valence-corrected chi connectivity index (χ4v) is 4.00. The first kappa shape index (κ1) is 22.4. The first-order valence-corrected chi connectivity index (χ1v) is 10.6. The number of carbonyl (C=O) groups excluding carboxylic acids is 2. The van der Waals surface area contributed by atoms with Crippen LogP contribution >= 0.6 is 28.1 Å². The van der Waals surface area contributed by atoms with E-state index in [4.69, 9.17) is 21.4 Å². The zero-order valence-electron chi connectivity index (χ0n) is 16.9. The van der Waals surface area contributed by atoms with Crippen LogP contribution < -0.4 is 15.0 Å². The summed E-state index contributed by atoms with van der Waals surface area (Å²) in [6.45, 7) is 0. The average molecular weight is 528 g/mol. The molecule has 4 rings (SSSR count). The summed E-state index contributed by atoms with van der Waals surface area (Å²) in [5.74, 6) is -0.00636. The van der Waals surface area contributed by atoms with Gasteiger partial charge in [0.2, 0.25) is 0 Å². The molecule has 9 nitrogen and oxygen atoms in total. The van der Waals surface area contributed by atoms with E-state index in [1.807, 2.05) is 0 Å². The zero-order valence-corrected chi connectivity index (χ0v) is 19.3. The highest BCUT2D eigenvalue weighted by molar-refractivity contribution is 9.10. The molecule has 3 aromatic rings. The van der Waals surface area contributed by atoms with Gasteiger partial charge in [0.1, 0.15) is 22.8 Å². The van der Waals surface area contributed by atoms with E-state index in [0.717, 1.165) is 0 Å². The summed E-state index contributed by atoms with van der Waals surface area (Å²) in [6, 6.07) is 14.1. The number of halogens is 1. The van der Waals surface area contributed by atoms with Crippen molar-refractivity contribution >= 4 is 62.5 Å². The number of non-ortho nitro benzene ring substituents is 1. The van der Waals surface area contributed by atoms with E-state index in [0.29, 0.717) is 27.2 Å². The normalized spacial score (nSPS) is 15.0.